The fourth-order valence-electron chi connectivity index (χ4n) is 3.95. The van der Waals surface area contributed by atoms with Crippen molar-refractivity contribution in [3.8, 4) is 11.1 Å². The first kappa shape index (κ1) is 27.6. The Hall–Kier alpha value is -2.43. The highest BCUT2D eigenvalue weighted by molar-refractivity contribution is 7.92. The summed E-state index contributed by atoms with van der Waals surface area (Å²) in [6.07, 6.45) is 1.36. The van der Waals surface area contributed by atoms with Crippen molar-refractivity contribution in [2.75, 3.05) is 17.7 Å². The van der Waals surface area contributed by atoms with Crippen LogP contribution in [0, 0.1) is 0 Å². The zero-order valence-electron chi connectivity index (χ0n) is 19.8. The Bertz CT molecular complexity index is 1510. The fraction of sp³-hybridized carbons (Fsp3) is 0.269. The molecule has 0 bridgehead atoms. The van der Waals surface area contributed by atoms with Crippen molar-refractivity contribution < 1.29 is 26.7 Å². The number of anilines is 1. The normalized spacial score (nSPS) is 14.8. The van der Waals surface area contributed by atoms with Gasteiger partial charge in [-0.15, -0.1) is 0 Å². The van der Waals surface area contributed by atoms with Crippen LogP contribution in [0.1, 0.15) is 31.2 Å². The maximum Gasteiger partial charge on any atom is 0.234 e. The van der Waals surface area contributed by atoms with Crippen LogP contribution in [0.2, 0.25) is 10.0 Å². The van der Waals surface area contributed by atoms with Crippen LogP contribution in [0.4, 0.5) is 5.69 Å². The molecule has 196 valence electrons. The molecule has 1 fully saturated rings. The van der Waals surface area contributed by atoms with Gasteiger partial charge in [0.25, 0.3) is 0 Å². The number of hydrogen-bond acceptors (Lipinski definition) is 6. The molecule has 0 aromatic heterocycles. The lowest BCUT2D eigenvalue weighted by atomic mass is 9.99. The minimum absolute atomic E-state index is 0.0442. The number of amides is 1. The van der Waals surface area contributed by atoms with E-state index in [-0.39, 0.29) is 30.8 Å². The van der Waals surface area contributed by atoms with Gasteiger partial charge in [-0.3, -0.25) is 4.79 Å². The topological polar surface area (TPSA) is 118 Å². The van der Waals surface area contributed by atoms with Gasteiger partial charge >= 0.3 is 0 Å². The first-order valence-electron chi connectivity index (χ1n) is 11.6. The van der Waals surface area contributed by atoms with Crippen molar-refractivity contribution >= 4 is 54.5 Å². The van der Waals surface area contributed by atoms with E-state index in [4.69, 9.17) is 23.2 Å². The van der Waals surface area contributed by atoms with E-state index < -0.39 is 38.1 Å². The number of sulfone groups is 2. The summed E-state index contributed by atoms with van der Waals surface area (Å²) in [5.41, 5.74) is 1.87. The van der Waals surface area contributed by atoms with E-state index in [1.54, 1.807) is 19.1 Å². The van der Waals surface area contributed by atoms with Gasteiger partial charge in [0.1, 0.15) is 0 Å². The van der Waals surface area contributed by atoms with Crippen LogP contribution in [0.15, 0.2) is 70.5 Å². The molecule has 0 aliphatic heterocycles. The SMILES string of the molecule is CCS(=O)(=O)c1ccc([C@@H](CO)C(=O)Nc2cc(Cl)c(-c3ccc(S(=O)(=O)C4CC4)cc3)c(Cl)c2)cc1. The van der Waals surface area contributed by atoms with E-state index in [0.29, 0.717) is 35.2 Å². The molecule has 0 radical (unpaired) electrons. The van der Waals surface area contributed by atoms with Gasteiger partial charge in [0.15, 0.2) is 19.7 Å². The van der Waals surface area contributed by atoms with Gasteiger partial charge in [-0.2, -0.15) is 0 Å². The summed E-state index contributed by atoms with van der Waals surface area (Å²) in [4.78, 5) is 13.3. The van der Waals surface area contributed by atoms with Gasteiger partial charge in [-0.25, -0.2) is 16.8 Å². The Morgan fingerprint density at radius 2 is 1.49 bits per heavy atom. The maximum atomic E-state index is 12.9. The van der Waals surface area contributed by atoms with Crippen molar-refractivity contribution in [1.29, 1.82) is 0 Å². The van der Waals surface area contributed by atoms with Crippen molar-refractivity contribution in [2.45, 2.75) is 40.7 Å². The monoisotopic (exact) mass is 581 g/mol. The average molecular weight is 583 g/mol. The first-order chi connectivity index (χ1) is 17.5. The van der Waals surface area contributed by atoms with E-state index in [1.807, 2.05) is 0 Å². The highest BCUT2D eigenvalue weighted by atomic mass is 35.5. The lowest BCUT2D eigenvalue weighted by Crippen LogP contribution is -2.24. The largest absolute Gasteiger partial charge is 0.395 e. The molecular formula is C26H25Cl2NO6S2. The van der Waals surface area contributed by atoms with E-state index in [0.717, 1.165) is 0 Å². The van der Waals surface area contributed by atoms with Gasteiger partial charge in [-0.05, 0) is 60.4 Å². The second kappa shape index (κ2) is 10.7. The predicted molar refractivity (Wildman–Crippen MR) is 145 cm³/mol. The molecule has 4 rings (SSSR count). The number of carbonyl (C=O) groups excluding carboxylic acids is 1. The molecule has 1 amide bonds. The van der Waals surface area contributed by atoms with Gasteiger partial charge in [-0.1, -0.05) is 54.4 Å². The van der Waals surface area contributed by atoms with Crippen LogP contribution in [-0.2, 0) is 24.5 Å². The predicted octanol–water partition coefficient (Wildman–Crippen LogP) is 5.10. The molecule has 0 spiro atoms. The molecule has 37 heavy (non-hydrogen) atoms. The molecule has 3 aromatic rings. The second-order valence-corrected chi connectivity index (χ2v) is 14.1. The van der Waals surface area contributed by atoms with Crippen molar-refractivity contribution in [3.63, 3.8) is 0 Å². The highest BCUT2D eigenvalue weighted by Crippen LogP contribution is 2.39. The molecule has 0 unspecified atom stereocenters. The maximum absolute atomic E-state index is 12.9. The Balaban J connectivity index is 1.53. The van der Waals surface area contributed by atoms with E-state index in [1.165, 1.54) is 48.5 Å². The van der Waals surface area contributed by atoms with Crippen LogP contribution in [-0.4, -0.2) is 45.5 Å². The Morgan fingerprint density at radius 1 is 0.946 bits per heavy atom. The van der Waals surface area contributed by atoms with Crippen LogP contribution < -0.4 is 5.32 Å². The fourth-order valence-corrected chi connectivity index (χ4v) is 7.19. The Labute approximate surface area is 226 Å². The van der Waals surface area contributed by atoms with Crippen LogP contribution in [0.3, 0.4) is 0 Å². The summed E-state index contributed by atoms with van der Waals surface area (Å²) >= 11 is 13.0. The smallest absolute Gasteiger partial charge is 0.234 e. The molecule has 3 aromatic carbocycles. The minimum Gasteiger partial charge on any atom is -0.395 e. The zero-order valence-corrected chi connectivity index (χ0v) is 23.0. The molecule has 1 atom stereocenters. The van der Waals surface area contributed by atoms with E-state index in [2.05, 4.69) is 5.32 Å². The Morgan fingerprint density at radius 3 is 1.97 bits per heavy atom. The number of aliphatic hydroxyl groups excluding tert-OH is 1. The van der Waals surface area contributed by atoms with Crippen molar-refractivity contribution in [2.24, 2.45) is 0 Å². The van der Waals surface area contributed by atoms with Crippen LogP contribution in [0.25, 0.3) is 11.1 Å². The van der Waals surface area contributed by atoms with Gasteiger partial charge < -0.3 is 10.4 Å². The highest BCUT2D eigenvalue weighted by Gasteiger charge is 2.36. The summed E-state index contributed by atoms with van der Waals surface area (Å²) in [6, 6.07) is 15.2. The van der Waals surface area contributed by atoms with E-state index in [9.17, 15) is 26.7 Å². The lowest BCUT2D eigenvalue weighted by molar-refractivity contribution is -0.118. The van der Waals surface area contributed by atoms with Crippen LogP contribution in [0.5, 0.6) is 0 Å². The molecule has 1 aliphatic carbocycles. The third-order valence-corrected chi connectivity index (χ3v) is 10.9. The van der Waals surface area contributed by atoms with Gasteiger partial charge in [0.05, 0.1) is 43.4 Å². The summed E-state index contributed by atoms with van der Waals surface area (Å²) in [5, 5.41) is 12.7. The number of aliphatic hydroxyl groups is 1. The average Bonchev–Trinajstić information content (AvgIpc) is 3.71. The van der Waals surface area contributed by atoms with Crippen LogP contribution >= 0.6 is 23.2 Å². The molecule has 11 heteroatoms. The molecule has 7 nitrogen and oxygen atoms in total. The quantitative estimate of drug-likeness (QED) is 0.363. The number of hydrogen-bond donors (Lipinski definition) is 2. The third kappa shape index (κ3) is 5.86. The molecule has 1 saturated carbocycles. The first-order valence-corrected chi connectivity index (χ1v) is 15.5. The van der Waals surface area contributed by atoms with Crippen molar-refractivity contribution in [1.82, 2.24) is 0 Å². The summed E-state index contributed by atoms with van der Waals surface area (Å²) in [6.45, 7) is 1.05. The molecular weight excluding hydrogens is 557 g/mol. The number of carbonyl (C=O) groups is 1. The minimum atomic E-state index is -3.39. The summed E-state index contributed by atoms with van der Waals surface area (Å²) in [5.74, 6) is -1.52. The molecule has 0 saturated heterocycles. The Kier molecular flexibility index (Phi) is 8.02. The zero-order chi connectivity index (χ0) is 27.0. The summed E-state index contributed by atoms with van der Waals surface area (Å²) < 4.78 is 48.9. The molecule has 1 aliphatic rings. The van der Waals surface area contributed by atoms with Crippen molar-refractivity contribution in [3.05, 3.63) is 76.3 Å². The number of nitrogens with one attached hydrogen (secondary N) is 1. The number of halogens is 2. The number of benzene rings is 3. The second-order valence-electron chi connectivity index (χ2n) is 8.78. The van der Waals surface area contributed by atoms with E-state index >= 15 is 0 Å². The summed E-state index contributed by atoms with van der Waals surface area (Å²) in [7, 11) is -6.70. The molecule has 2 N–H and O–H groups in total. The molecule has 0 heterocycles. The lowest BCUT2D eigenvalue weighted by Gasteiger charge is -2.17. The van der Waals surface area contributed by atoms with Gasteiger partial charge in [0, 0.05) is 11.3 Å². The standard InChI is InChI=1S/C26H25Cl2NO6S2/c1-2-36(32,33)19-7-3-16(4-8-19)22(15-30)26(31)29-18-13-23(27)25(24(28)14-18)17-5-9-20(10-6-17)37(34,35)21-11-12-21/h3-10,13-14,21-22,30H,2,11-12,15H2,1H3,(H,29,31)/t22-/m1/s1. The number of rotatable bonds is 9. The van der Waals surface area contributed by atoms with Gasteiger partial charge in [0.2, 0.25) is 5.91 Å². The third-order valence-electron chi connectivity index (χ3n) is 6.27.